The lowest BCUT2D eigenvalue weighted by Crippen LogP contribution is -2.28. The SMILES string of the molecule is Cc1c(NC(=O)c2nc3c([N+](=O)[O-])cccc3[nH]2)c[nH]c1C(=O)Nc1c[nH]c(C(=O)NCCC(=N)N)c1C. The van der Waals surface area contributed by atoms with E-state index in [9.17, 15) is 24.5 Å². The van der Waals surface area contributed by atoms with Crippen molar-refractivity contribution < 1.29 is 19.3 Å². The number of amidine groups is 1. The second kappa shape index (κ2) is 10.3. The molecule has 0 radical (unpaired) electrons. The quantitative estimate of drug-likeness (QED) is 0.0707. The third kappa shape index (κ3) is 5.06. The number of hydrogen-bond donors (Lipinski definition) is 8. The zero-order chi connectivity index (χ0) is 27.6. The number of carbonyl (C=O) groups excluding carboxylic acids is 3. The van der Waals surface area contributed by atoms with E-state index in [4.69, 9.17) is 11.1 Å². The highest BCUT2D eigenvalue weighted by molar-refractivity contribution is 6.09. The van der Waals surface area contributed by atoms with Crippen LogP contribution >= 0.6 is 0 Å². The summed E-state index contributed by atoms with van der Waals surface area (Å²) >= 11 is 0. The van der Waals surface area contributed by atoms with Gasteiger partial charge in [-0.05, 0) is 19.9 Å². The molecule has 3 aromatic heterocycles. The van der Waals surface area contributed by atoms with Gasteiger partial charge in [0, 0.05) is 42.6 Å². The van der Waals surface area contributed by atoms with Crippen molar-refractivity contribution in [1.82, 2.24) is 25.3 Å². The van der Waals surface area contributed by atoms with Crippen molar-refractivity contribution in [3.8, 4) is 0 Å². The van der Waals surface area contributed by atoms with Crippen LogP contribution in [0, 0.1) is 29.4 Å². The summed E-state index contributed by atoms with van der Waals surface area (Å²) in [6.45, 7) is 3.49. The standard InChI is InChI=1S/C23H24N10O5/c1-10-13(8-27-17(10)21(34)26-7-6-16(24)25)30-22(35)18-11(2)14(9-28-18)31-23(36)20-29-12-4-3-5-15(33(37)38)19(12)32-20/h3-5,8-9,27-28H,6-7H2,1-2H3,(H3,24,25)(H,26,34)(H,29,32)(H,30,35)(H,31,36). The minimum atomic E-state index is -0.647. The predicted octanol–water partition coefficient (Wildman–Crippen LogP) is 2.30. The average Bonchev–Trinajstić information content (AvgIpc) is 3.56. The van der Waals surface area contributed by atoms with E-state index in [1.807, 2.05) is 0 Å². The van der Waals surface area contributed by atoms with Gasteiger partial charge in [0.2, 0.25) is 0 Å². The first-order valence-corrected chi connectivity index (χ1v) is 11.3. The molecule has 0 saturated carbocycles. The van der Waals surface area contributed by atoms with E-state index >= 15 is 0 Å². The first kappa shape index (κ1) is 25.6. The minimum Gasteiger partial charge on any atom is -0.388 e. The number of nitro benzene ring substituents is 1. The second-order valence-corrected chi connectivity index (χ2v) is 8.36. The number of amides is 3. The molecule has 1 aromatic carbocycles. The third-order valence-electron chi connectivity index (χ3n) is 5.81. The molecule has 4 rings (SSSR count). The molecule has 38 heavy (non-hydrogen) atoms. The first-order valence-electron chi connectivity index (χ1n) is 11.3. The average molecular weight is 521 g/mol. The Hall–Kier alpha value is -5.47. The van der Waals surface area contributed by atoms with Gasteiger partial charge in [0.1, 0.15) is 11.4 Å². The molecule has 15 nitrogen and oxygen atoms in total. The smallest absolute Gasteiger partial charge is 0.297 e. The number of anilines is 2. The number of benzene rings is 1. The summed E-state index contributed by atoms with van der Waals surface area (Å²) in [5, 5.41) is 26.4. The number of imidazole rings is 1. The Labute approximate surface area is 214 Å². The van der Waals surface area contributed by atoms with Crippen molar-refractivity contribution in [1.29, 1.82) is 5.41 Å². The van der Waals surface area contributed by atoms with E-state index < -0.39 is 22.6 Å². The number of aromatic nitrogens is 4. The van der Waals surface area contributed by atoms with Crippen LogP contribution in [0.15, 0.2) is 30.6 Å². The number of aromatic amines is 3. The van der Waals surface area contributed by atoms with Gasteiger partial charge < -0.3 is 36.6 Å². The Morgan fingerprint density at radius 1 is 1.03 bits per heavy atom. The van der Waals surface area contributed by atoms with E-state index in [-0.39, 0.29) is 47.2 Å². The monoisotopic (exact) mass is 520 g/mol. The maximum Gasteiger partial charge on any atom is 0.297 e. The number of nitrogens with one attached hydrogen (secondary N) is 7. The highest BCUT2D eigenvalue weighted by atomic mass is 16.6. The van der Waals surface area contributed by atoms with Crippen LogP contribution in [0.5, 0.6) is 0 Å². The number of non-ortho nitro benzene ring substituents is 1. The molecule has 0 bridgehead atoms. The molecule has 9 N–H and O–H groups in total. The molecule has 0 spiro atoms. The molecule has 3 amide bonds. The Kier molecular flexibility index (Phi) is 6.91. The molecule has 0 saturated heterocycles. The summed E-state index contributed by atoms with van der Waals surface area (Å²) in [6, 6.07) is 4.35. The van der Waals surface area contributed by atoms with Crippen molar-refractivity contribution in [2.24, 2.45) is 5.73 Å². The Balaban J connectivity index is 1.45. The Morgan fingerprint density at radius 3 is 2.24 bits per heavy atom. The zero-order valence-electron chi connectivity index (χ0n) is 20.3. The number of fused-ring (bicyclic) bond motifs is 1. The second-order valence-electron chi connectivity index (χ2n) is 8.36. The summed E-state index contributed by atoms with van der Waals surface area (Å²) in [6.07, 6.45) is 3.14. The van der Waals surface area contributed by atoms with Crippen LogP contribution < -0.4 is 21.7 Å². The fourth-order valence-corrected chi connectivity index (χ4v) is 3.76. The van der Waals surface area contributed by atoms with Gasteiger partial charge in [0.15, 0.2) is 11.3 Å². The minimum absolute atomic E-state index is 0.0418. The van der Waals surface area contributed by atoms with E-state index in [0.717, 1.165) is 0 Å². The lowest BCUT2D eigenvalue weighted by Gasteiger charge is -2.07. The molecule has 15 heteroatoms. The number of nitrogens with two attached hydrogens (primary N) is 1. The lowest BCUT2D eigenvalue weighted by atomic mass is 10.2. The molecule has 0 fully saturated rings. The van der Waals surface area contributed by atoms with Gasteiger partial charge in [0.25, 0.3) is 23.4 Å². The topological polar surface area (TPSA) is 241 Å². The highest BCUT2D eigenvalue weighted by Gasteiger charge is 2.22. The lowest BCUT2D eigenvalue weighted by molar-refractivity contribution is -0.383. The van der Waals surface area contributed by atoms with E-state index in [1.54, 1.807) is 19.9 Å². The summed E-state index contributed by atoms with van der Waals surface area (Å²) < 4.78 is 0. The molecule has 3 heterocycles. The molecule has 0 aliphatic heterocycles. The molecule has 0 unspecified atom stereocenters. The van der Waals surface area contributed by atoms with Gasteiger partial charge >= 0.3 is 0 Å². The normalized spacial score (nSPS) is 10.8. The van der Waals surface area contributed by atoms with Gasteiger partial charge in [-0.1, -0.05) is 6.07 Å². The fraction of sp³-hybridized carbons (Fsp3) is 0.174. The maximum absolute atomic E-state index is 12.9. The Morgan fingerprint density at radius 2 is 1.63 bits per heavy atom. The van der Waals surface area contributed by atoms with Crippen molar-refractivity contribution in [3.63, 3.8) is 0 Å². The Bertz CT molecular complexity index is 1600. The van der Waals surface area contributed by atoms with Gasteiger partial charge in [-0.3, -0.25) is 29.9 Å². The van der Waals surface area contributed by atoms with E-state index in [1.165, 1.54) is 24.5 Å². The number of rotatable bonds is 9. The molecule has 0 atom stereocenters. The third-order valence-corrected chi connectivity index (χ3v) is 5.81. The van der Waals surface area contributed by atoms with Crippen LogP contribution in [-0.2, 0) is 0 Å². The molecular formula is C23H24N10O5. The number of hydrogen-bond acceptors (Lipinski definition) is 7. The fourth-order valence-electron chi connectivity index (χ4n) is 3.76. The number of H-pyrrole nitrogens is 3. The first-order chi connectivity index (χ1) is 18.1. The molecule has 196 valence electrons. The number of carbonyl (C=O) groups is 3. The molecule has 0 aliphatic carbocycles. The van der Waals surface area contributed by atoms with Gasteiger partial charge in [-0.2, -0.15) is 0 Å². The highest BCUT2D eigenvalue weighted by Crippen LogP contribution is 2.25. The van der Waals surface area contributed by atoms with Crippen molar-refractivity contribution in [3.05, 3.63) is 69.0 Å². The van der Waals surface area contributed by atoms with E-state index in [0.29, 0.717) is 28.0 Å². The maximum atomic E-state index is 12.9. The zero-order valence-corrected chi connectivity index (χ0v) is 20.3. The van der Waals surface area contributed by atoms with Crippen LogP contribution in [0.25, 0.3) is 11.0 Å². The summed E-state index contributed by atoms with van der Waals surface area (Å²) in [7, 11) is 0. The molecule has 0 aliphatic rings. The van der Waals surface area contributed by atoms with Crippen molar-refractivity contribution in [2.75, 3.05) is 17.2 Å². The van der Waals surface area contributed by atoms with Crippen LogP contribution in [0.1, 0.15) is 49.1 Å². The van der Waals surface area contributed by atoms with Crippen LogP contribution in [0.2, 0.25) is 0 Å². The molecule has 4 aromatic rings. The summed E-state index contributed by atoms with van der Waals surface area (Å²) in [5.41, 5.74) is 7.52. The largest absolute Gasteiger partial charge is 0.388 e. The number of para-hydroxylation sites is 1. The van der Waals surface area contributed by atoms with Crippen LogP contribution in [0.4, 0.5) is 17.1 Å². The number of nitro groups is 1. The van der Waals surface area contributed by atoms with Crippen LogP contribution in [-0.4, -0.2) is 55.0 Å². The number of nitrogens with zero attached hydrogens (tertiary/aromatic N) is 2. The summed E-state index contributed by atoms with van der Waals surface area (Å²) in [4.78, 5) is 61.1. The van der Waals surface area contributed by atoms with Gasteiger partial charge in [0.05, 0.1) is 27.7 Å². The van der Waals surface area contributed by atoms with E-state index in [2.05, 4.69) is 35.9 Å². The summed E-state index contributed by atoms with van der Waals surface area (Å²) in [5.74, 6) is -1.72. The van der Waals surface area contributed by atoms with Gasteiger partial charge in [-0.25, -0.2) is 4.98 Å². The van der Waals surface area contributed by atoms with Gasteiger partial charge in [-0.15, -0.1) is 0 Å². The molecular weight excluding hydrogens is 496 g/mol. The predicted molar refractivity (Wildman–Crippen MR) is 139 cm³/mol. The van der Waals surface area contributed by atoms with Crippen molar-refractivity contribution >= 4 is 51.7 Å². The van der Waals surface area contributed by atoms with Crippen LogP contribution in [0.3, 0.4) is 0 Å². The van der Waals surface area contributed by atoms with Crippen molar-refractivity contribution in [2.45, 2.75) is 20.3 Å².